The van der Waals surface area contributed by atoms with Crippen molar-refractivity contribution in [2.24, 2.45) is 0 Å². The van der Waals surface area contributed by atoms with Gasteiger partial charge in [0.1, 0.15) is 48.6 Å². The smallest absolute Gasteiger partial charge is 0.306 e. The lowest BCUT2D eigenvalue weighted by Gasteiger charge is -2.44. The highest BCUT2D eigenvalue weighted by Crippen LogP contribution is 2.31. The van der Waals surface area contributed by atoms with Gasteiger partial charge in [0.25, 0.3) is 0 Å². The Hall–Kier alpha value is -4.09. The van der Waals surface area contributed by atoms with Crippen LogP contribution in [-0.2, 0) is 76.3 Å². The number of rotatable bonds is 30. The molecular formula is C39H60O17. The number of Topliss-reactive ketones (excluding diaryl/α,β-unsaturated/α-hetero) is 4. The lowest BCUT2D eigenvalue weighted by atomic mass is 9.97. The van der Waals surface area contributed by atoms with Crippen molar-refractivity contribution < 1.29 is 81.4 Å². The van der Waals surface area contributed by atoms with Gasteiger partial charge in [0.05, 0.1) is 32.3 Å². The molecule has 17 nitrogen and oxygen atoms in total. The average molecular weight is 801 g/mol. The van der Waals surface area contributed by atoms with Crippen LogP contribution in [0.4, 0.5) is 0 Å². The Kier molecular flexibility index (Phi) is 25.3. The van der Waals surface area contributed by atoms with Crippen molar-refractivity contribution in [1.29, 1.82) is 0 Å². The van der Waals surface area contributed by atoms with E-state index in [9.17, 15) is 48.3 Å². The molecule has 1 aliphatic heterocycles. The van der Waals surface area contributed by atoms with Crippen molar-refractivity contribution in [1.82, 2.24) is 0 Å². The molecule has 0 aliphatic carbocycles. The number of unbranched alkanes of at least 4 members (excludes halogenated alkanes) is 6. The summed E-state index contributed by atoms with van der Waals surface area (Å²) in [6, 6.07) is 0. The summed E-state index contributed by atoms with van der Waals surface area (Å²) in [7, 11) is 0. The lowest BCUT2D eigenvalue weighted by molar-refractivity contribution is -0.312. The molecule has 0 spiro atoms. The zero-order valence-electron chi connectivity index (χ0n) is 33.4. The van der Waals surface area contributed by atoms with Gasteiger partial charge in [0, 0.05) is 32.1 Å². The SMILES string of the molecule is CCCCCCCCCC(=O)OCC(O)CO[C@@H]1O[C@H](COC(=O)CCC(C)=O)[C@H](OC(=O)CCC(C)=O)[C@H](OC(=O)CCC(C)=O)[C@H]1OC(=O)CCC(C)=O. The molecular weight excluding hydrogens is 740 g/mol. The molecule has 0 aromatic rings. The van der Waals surface area contributed by atoms with Crippen LogP contribution >= 0.6 is 0 Å². The second-order valence-electron chi connectivity index (χ2n) is 13.9. The summed E-state index contributed by atoms with van der Waals surface area (Å²) >= 11 is 0. The minimum absolute atomic E-state index is 0.129. The Labute approximate surface area is 328 Å². The van der Waals surface area contributed by atoms with Gasteiger partial charge in [-0.1, -0.05) is 45.4 Å². The van der Waals surface area contributed by atoms with Crippen molar-refractivity contribution in [3.8, 4) is 0 Å². The molecule has 1 unspecified atom stereocenters. The summed E-state index contributed by atoms with van der Waals surface area (Å²) in [4.78, 5) is 110. The predicted octanol–water partition coefficient (Wildman–Crippen LogP) is 3.53. The molecule has 1 aliphatic rings. The Bertz CT molecular complexity index is 1310. The van der Waals surface area contributed by atoms with Gasteiger partial charge in [-0.2, -0.15) is 0 Å². The van der Waals surface area contributed by atoms with Gasteiger partial charge in [-0.3, -0.25) is 24.0 Å². The highest BCUT2D eigenvalue weighted by atomic mass is 16.7. The molecule has 0 amide bonds. The molecule has 0 saturated carbocycles. The summed E-state index contributed by atoms with van der Waals surface area (Å²) in [5.41, 5.74) is 0. The van der Waals surface area contributed by atoms with Crippen molar-refractivity contribution in [2.45, 2.75) is 174 Å². The summed E-state index contributed by atoms with van der Waals surface area (Å²) in [6.45, 7) is 5.45. The Morgan fingerprint density at radius 1 is 0.500 bits per heavy atom. The third-order valence-electron chi connectivity index (χ3n) is 8.40. The number of carbonyl (C=O) groups is 9. The summed E-state index contributed by atoms with van der Waals surface area (Å²) in [5.74, 6) is -5.56. The van der Waals surface area contributed by atoms with E-state index >= 15 is 0 Å². The van der Waals surface area contributed by atoms with Gasteiger partial charge in [0.15, 0.2) is 24.6 Å². The van der Waals surface area contributed by atoms with Gasteiger partial charge < -0.3 is 57.4 Å². The number of aliphatic hydroxyl groups excluding tert-OH is 1. The molecule has 17 heteroatoms. The van der Waals surface area contributed by atoms with Gasteiger partial charge in [0.2, 0.25) is 0 Å². The van der Waals surface area contributed by atoms with Crippen LogP contribution in [0.2, 0.25) is 0 Å². The topological polar surface area (TPSA) is 238 Å². The first-order chi connectivity index (χ1) is 26.5. The molecule has 1 rings (SSSR count). The van der Waals surface area contributed by atoms with Crippen LogP contribution in [0.3, 0.4) is 0 Å². The second-order valence-corrected chi connectivity index (χ2v) is 13.9. The molecule has 1 fully saturated rings. The van der Waals surface area contributed by atoms with E-state index < -0.39 is 106 Å². The van der Waals surface area contributed by atoms with E-state index in [0.717, 1.165) is 38.5 Å². The molecule has 1 saturated heterocycles. The first-order valence-electron chi connectivity index (χ1n) is 19.3. The first-order valence-corrected chi connectivity index (χ1v) is 19.3. The van der Waals surface area contributed by atoms with E-state index in [2.05, 4.69) is 6.92 Å². The van der Waals surface area contributed by atoms with Crippen LogP contribution in [0.5, 0.6) is 0 Å². The fourth-order valence-electron chi connectivity index (χ4n) is 5.28. The zero-order chi connectivity index (χ0) is 42.0. The van der Waals surface area contributed by atoms with E-state index in [0.29, 0.717) is 6.42 Å². The third-order valence-corrected chi connectivity index (χ3v) is 8.40. The molecule has 1 heterocycles. The van der Waals surface area contributed by atoms with E-state index in [4.69, 9.17) is 33.2 Å². The van der Waals surface area contributed by atoms with Crippen LogP contribution in [-0.4, -0.2) is 115 Å². The number of ketones is 4. The molecule has 0 aromatic heterocycles. The monoisotopic (exact) mass is 800 g/mol. The third kappa shape index (κ3) is 23.1. The van der Waals surface area contributed by atoms with Crippen molar-refractivity contribution in [3.63, 3.8) is 0 Å². The van der Waals surface area contributed by atoms with Crippen molar-refractivity contribution in [2.75, 3.05) is 19.8 Å². The molecule has 6 atom stereocenters. The summed E-state index contributed by atoms with van der Waals surface area (Å²) < 4.78 is 39.2. The number of carbonyl (C=O) groups excluding carboxylic acids is 9. The number of hydrogen-bond acceptors (Lipinski definition) is 17. The van der Waals surface area contributed by atoms with Crippen LogP contribution < -0.4 is 0 Å². The number of esters is 5. The Morgan fingerprint density at radius 2 is 0.929 bits per heavy atom. The van der Waals surface area contributed by atoms with Crippen molar-refractivity contribution >= 4 is 53.0 Å². The minimum Gasteiger partial charge on any atom is -0.463 e. The normalized spacial score (nSPS) is 19.6. The van der Waals surface area contributed by atoms with Gasteiger partial charge in [-0.15, -0.1) is 0 Å². The van der Waals surface area contributed by atoms with E-state index in [1.165, 1.54) is 27.7 Å². The molecule has 318 valence electrons. The maximum absolute atomic E-state index is 13.1. The minimum atomic E-state index is -1.74. The van der Waals surface area contributed by atoms with E-state index in [1.54, 1.807) is 0 Å². The maximum Gasteiger partial charge on any atom is 0.306 e. The Balaban J connectivity index is 3.37. The predicted molar refractivity (Wildman–Crippen MR) is 194 cm³/mol. The maximum atomic E-state index is 13.1. The summed E-state index contributed by atoms with van der Waals surface area (Å²) in [5, 5.41) is 10.7. The average Bonchev–Trinajstić information content (AvgIpc) is 3.13. The number of aliphatic hydroxyl groups is 1. The highest BCUT2D eigenvalue weighted by molar-refractivity contribution is 5.83. The summed E-state index contributed by atoms with van der Waals surface area (Å²) in [6.07, 6.45) is -4.96. The Morgan fingerprint density at radius 3 is 1.43 bits per heavy atom. The van der Waals surface area contributed by atoms with Crippen LogP contribution in [0, 0.1) is 0 Å². The van der Waals surface area contributed by atoms with Crippen LogP contribution in [0.1, 0.15) is 137 Å². The van der Waals surface area contributed by atoms with E-state index in [-0.39, 0.29) is 61.7 Å². The number of hydrogen-bond donors (Lipinski definition) is 1. The van der Waals surface area contributed by atoms with Gasteiger partial charge in [-0.05, 0) is 34.1 Å². The zero-order valence-corrected chi connectivity index (χ0v) is 33.4. The fourth-order valence-corrected chi connectivity index (χ4v) is 5.28. The van der Waals surface area contributed by atoms with Crippen LogP contribution in [0.15, 0.2) is 0 Å². The quantitative estimate of drug-likeness (QED) is 0.0621. The molecule has 0 bridgehead atoms. The molecule has 0 radical (unpaired) electrons. The highest BCUT2D eigenvalue weighted by Gasteiger charge is 2.53. The first kappa shape index (κ1) is 49.9. The van der Waals surface area contributed by atoms with Crippen molar-refractivity contribution in [3.05, 3.63) is 0 Å². The van der Waals surface area contributed by atoms with Crippen LogP contribution in [0.25, 0.3) is 0 Å². The molecule has 56 heavy (non-hydrogen) atoms. The molecule has 1 N–H and O–H groups in total. The lowest BCUT2D eigenvalue weighted by Crippen LogP contribution is -2.63. The number of ether oxygens (including phenoxy) is 7. The fraction of sp³-hybridized carbons (Fsp3) is 0.769. The molecule has 0 aromatic carbocycles. The standard InChI is InChI=1S/C39H60O17/c1-6-7-8-9-10-11-12-13-31(45)50-22-29(44)23-52-39-38(56-35(49)21-17-28(5)43)37(55-34(48)20-16-27(4)42)36(54-33(47)19-15-26(3)41)30(53-39)24-51-32(46)18-14-25(2)40/h29-30,36-39,44H,6-24H2,1-5H3/t29?,30-,36+,37+,38-,39-/m1/s1. The largest absolute Gasteiger partial charge is 0.463 e. The van der Waals surface area contributed by atoms with Gasteiger partial charge >= 0.3 is 29.8 Å². The van der Waals surface area contributed by atoms with Gasteiger partial charge in [-0.25, -0.2) is 0 Å². The van der Waals surface area contributed by atoms with E-state index in [1.807, 2.05) is 0 Å². The second kappa shape index (κ2) is 28.3.